The zero-order valence-corrected chi connectivity index (χ0v) is 10.9. The van der Waals surface area contributed by atoms with Gasteiger partial charge in [0.2, 0.25) is 0 Å². The number of carboxylic acids is 1. The Bertz CT molecular complexity index is 450. The Hall–Kier alpha value is -1.26. The summed E-state index contributed by atoms with van der Waals surface area (Å²) in [6.07, 6.45) is 3.33. The molecule has 98 valence electrons. The molecule has 1 aliphatic carbocycles. The molecule has 0 aromatic heterocycles. The molecule has 0 saturated heterocycles. The number of hydrogen-bond donors (Lipinski definition) is 2. The lowest BCUT2D eigenvalue weighted by Gasteiger charge is -2.15. The molecular weight excluding hydrogens is 254 g/mol. The second-order valence-corrected chi connectivity index (χ2v) is 4.92. The van der Waals surface area contributed by atoms with Gasteiger partial charge in [0, 0.05) is 13.2 Å². The van der Waals surface area contributed by atoms with Crippen molar-refractivity contribution < 1.29 is 14.6 Å². The van der Waals surface area contributed by atoms with E-state index in [4.69, 9.17) is 21.4 Å². The Labute approximate surface area is 111 Å². The van der Waals surface area contributed by atoms with Crippen molar-refractivity contribution in [2.24, 2.45) is 0 Å². The van der Waals surface area contributed by atoms with Gasteiger partial charge >= 0.3 is 5.97 Å². The van der Waals surface area contributed by atoms with Gasteiger partial charge in [-0.2, -0.15) is 0 Å². The third-order valence-electron chi connectivity index (χ3n) is 3.29. The van der Waals surface area contributed by atoms with Crippen LogP contribution in [-0.4, -0.2) is 30.3 Å². The molecule has 2 rings (SSSR count). The van der Waals surface area contributed by atoms with Crippen LogP contribution in [0.3, 0.4) is 0 Å². The van der Waals surface area contributed by atoms with E-state index >= 15 is 0 Å². The number of methoxy groups -OCH3 is 1. The normalized spacial score (nSPS) is 23.0. The van der Waals surface area contributed by atoms with Gasteiger partial charge < -0.3 is 15.2 Å². The summed E-state index contributed by atoms with van der Waals surface area (Å²) in [4.78, 5) is 10.8. The summed E-state index contributed by atoms with van der Waals surface area (Å²) in [5, 5.41) is 12.6. The van der Waals surface area contributed by atoms with Crippen molar-refractivity contribution in [2.45, 2.75) is 31.4 Å². The lowest BCUT2D eigenvalue weighted by Crippen LogP contribution is -2.17. The van der Waals surface area contributed by atoms with Crippen molar-refractivity contribution >= 4 is 23.3 Å². The zero-order valence-electron chi connectivity index (χ0n) is 10.1. The van der Waals surface area contributed by atoms with Crippen LogP contribution in [0.2, 0.25) is 5.02 Å². The largest absolute Gasteiger partial charge is 0.478 e. The van der Waals surface area contributed by atoms with Crippen LogP contribution in [0.4, 0.5) is 5.69 Å². The minimum atomic E-state index is -0.969. The van der Waals surface area contributed by atoms with Crippen LogP contribution in [0, 0.1) is 0 Å². The smallest absolute Gasteiger partial charge is 0.335 e. The molecule has 0 amide bonds. The van der Waals surface area contributed by atoms with Gasteiger partial charge in [-0.1, -0.05) is 11.6 Å². The van der Waals surface area contributed by atoms with Crippen LogP contribution in [-0.2, 0) is 4.74 Å². The minimum absolute atomic E-state index is 0.201. The summed E-state index contributed by atoms with van der Waals surface area (Å²) in [6, 6.07) is 5.07. The van der Waals surface area contributed by atoms with Crippen molar-refractivity contribution in [3.8, 4) is 0 Å². The van der Waals surface area contributed by atoms with Crippen molar-refractivity contribution in [1.82, 2.24) is 0 Å². The van der Waals surface area contributed by atoms with Gasteiger partial charge in [-0.25, -0.2) is 4.79 Å². The molecule has 0 aliphatic heterocycles. The SMILES string of the molecule is COC1CCC(Nc2ccc(C(=O)O)cc2Cl)C1. The van der Waals surface area contributed by atoms with Gasteiger partial charge in [-0.15, -0.1) is 0 Å². The average Bonchev–Trinajstić information content (AvgIpc) is 2.79. The summed E-state index contributed by atoms with van der Waals surface area (Å²) in [5.41, 5.74) is 0.982. The summed E-state index contributed by atoms with van der Waals surface area (Å²) in [7, 11) is 1.72. The van der Waals surface area contributed by atoms with Gasteiger partial charge in [0.05, 0.1) is 22.4 Å². The molecule has 1 aliphatic rings. The molecule has 18 heavy (non-hydrogen) atoms. The molecule has 0 heterocycles. The fourth-order valence-corrected chi connectivity index (χ4v) is 2.51. The van der Waals surface area contributed by atoms with Crippen LogP contribution in [0.15, 0.2) is 18.2 Å². The predicted molar refractivity (Wildman–Crippen MR) is 70.5 cm³/mol. The van der Waals surface area contributed by atoms with Crippen molar-refractivity contribution in [2.75, 3.05) is 12.4 Å². The molecule has 4 nitrogen and oxygen atoms in total. The molecule has 0 radical (unpaired) electrons. The maximum Gasteiger partial charge on any atom is 0.335 e. The van der Waals surface area contributed by atoms with E-state index in [1.807, 2.05) is 0 Å². The summed E-state index contributed by atoms with van der Waals surface area (Å²) >= 11 is 6.07. The molecule has 1 saturated carbocycles. The highest BCUT2D eigenvalue weighted by Crippen LogP contribution is 2.29. The van der Waals surface area contributed by atoms with E-state index in [-0.39, 0.29) is 5.56 Å². The number of benzene rings is 1. The Morgan fingerprint density at radius 1 is 1.50 bits per heavy atom. The monoisotopic (exact) mass is 269 g/mol. The Kier molecular flexibility index (Phi) is 4.09. The minimum Gasteiger partial charge on any atom is -0.478 e. The van der Waals surface area contributed by atoms with Crippen LogP contribution in [0.25, 0.3) is 0 Å². The number of carbonyl (C=O) groups is 1. The number of rotatable bonds is 4. The second-order valence-electron chi connectivity index (χ2n) is 4.51. The lowest BCUT2D eigenvalue weighted by molar-refractivity contribution is 0.0697. The summed E-state index contributed by atoms with van der Waals surface area (Å²) in [5.74, 6) is -0.969. The fraction of sp³-hybridized carbons (Fsp3) is 0.462. The first kappa shape index (κ1) is 13.2. The molecule has 2 N–H and O–H groups in total. The molecule has 1 aromatic carbocycles. The number of ether oxygens (including phenoxy) is 1. The molecule has 2 atom stereocenters. The molecule has 1 aromatic rings. The maximum atomic E-state index is 10.8. The lowest BCUT2D eigenvalue weighted by atomic mass is 10.2. The number of carboxylic acid groups (broad SMARTS) is 1. The van der Waals surface area contributed by atoms with Gasteiger partial charge in [-0.05, 0) is 37.5 Å². The van der Waals surface area contributed by atoms with E-state index in [1.165, 1.54) is 6.07 Å². The first-order valence-electron chi connectivity index (χ1n) is 5.92. The fourth-order valence-electron chi connectivity index (χ4n) is 2.27. The Morgan fingerprint density at radius 3 is 2.83 bits per heavy atom. The van der Waals surface area contributed by atoms with E-state index in [0.29, 0.717) is 17.2 Å². The number of nitrogens with one attached hydrogen (secondary N) is 1. The van der Waals surface area contributed by atoms with Gasteiger partial charge in [-0.3, -0.25) is 0 Å². The average molecular weight is 270 g/mol. The molecule has 2 unspecified atom stereocenters. The number of hydrogen-bond acceptors (Lipinski definition) is 3. The summed E-state index contributed by atoms with van der Waals surface area (Å²) in [6.45, 7) is 0. The Morgan fingerprint density at radius 2 is 2.28 bits per heavy atom. The number of aromatic carboxylic acids is 1. The second kappa shape index (κ2) is 5.59. The van der Waals surface area contributed by atoms with E-state index in [0.717, 1.165) is 24.9 Å². The number of halogens is 1. The molecule has 0 bridgehead atoms. The topological polar surface area (TPSA) is 58.6 Å². The van der Waals surface area contributed by atoms with Crippen molar-refractivity contribution in [3.05, 3.63) is 28.8 Å². The quantitative estimate of drug-likeness (QED) is 0.882. The highest BCUT2D eigenvalue weighted by atomic mass is 35.5. The van der Waals surface area contributed by atoms with Crippen LogP contribution >= 0.6 is 11.6 Å². The maximum absolute atomic E-state index is 10.8. The standard InChI is InChI=1S/C13H16ClNO3/c1-18-10-4-3-9(7-10)15-12-5-2-8(13(16)17)6-11(12)14/h2,5-6,9-10,15H,3-4,7H2,1H3,(H,16,17). The van der Waals surface area contributed by atoms with E-state index < -0.39 is 5.97 Å². The molecule has 1 fully saturated rings. The van der Waals surface area contributed by atoms with E-state index in [2.05, 4.69) is 5.32 Å². The highest BCUT2D eigenvalue weighted by molar-refractivity contribution is 6.33. The first-order valence-corrected chi connectivity index (χ1v) is 6.30. The van der Waals surface area contributed by atoms with Gasteiger partial charge in [0.1, 0.15) is 0 Å². The summed E-state index contributed by atoms with van der Waals surface area (Å²) < 4.78 is 5.31. The number of anilines is 1. The predicted octanol–water partition coefficient (Wildman–Crippen LogP) is 3.02. The highest BCUT2D eigenvalue weighted by Gasteiger charge is 2.24. The van der Waals surface area contributed by atoms with Gasteiger partial charge in [0.15, 0.2) is 0 Å². The van der Waals surface area contributed by atoms with Crippen molar-refractivity contribution in [3.63, 3.8) is 0 Å². The van der Waals surface area contributed by atoms with Crippen LogP contribution in [0.5, 0.6) is 0 Å². The van der Waals surface area contributed by atoms with Crippen molar-refractivity contribution in [1.29, 1.82) is 0 Å². The first-order chi connectivity index (χ1) is 8.60. The molecule has 5 heteroatoms. The van der Waals surface area contributed by atoms with E-state index in [1.54, 1.807) is 19.2 Å². The Balaban J connectivity index is 2.04. The third-order valence-corrected chi connectivity index (χ3v) is 3.61. The molecular formula is C13H16ClNO3. The van der Waals surface area contributed by atoms with Gasteiger partial charge in [0.25, 0.3) is 0 Å². The third kappa shape index (κ3) is 2.94. The van der Waals surface area contributed by atoms with Crippen LogP contribution in [0.1, 0.15) is 29.6 Å². The van der Waals surface area contributed by atoms with Crippen LogP contribution < -0.4 is 5.32 Å². The van der Waals surface area contributed by atoms with E-state index in [9.17, 15) is 4.79 Å². The zero-order chi connectivity index (χ0) is 13.1. The molecule has 0 spiro atoms.